The first-order valence-corrected chi connectivity index (χ1v) is 9.34. The van der Waals surface area contributed by atoms with Gasteiger partial charge < -0.3 is 15.5 Å². The van der Waals surface area contributed by atoms with E-state index in [2.05, 4.69) is 16.8 Å². The highest BCUT2D eigenvalue weighted by Crippen LogP contribution is 2.24. The van der Waals surface area contributed by atoms with Gasteiger partial charge in [0.05, 0.1) is 5.56 Å². The Hall–Kier alpha value is -1.62. The van der Waals surface area contributed by atoms with Gasteiger partial charge in [-0.3, -0.25) is 4.79 Å². The summed E-state index contributed by atoms with van der Waals surface area (Å²) in [6.45, 7) is 7.21. The summed E-state index contributed by atoms with van der Waals surface area (Å²) < 4.78 is 0. The van der Waals surface area contributed by atoms with E-state index in [1.807, 2.05) is 24.0 Å². The van der Waals surface area contributed by atoms with Crippen molar-refractivity contribution in [3.05, 3.63) is 23.9 Å². The van der Waals surface area contributed by atoms with Gasteiger partial charge in [-0.25, -0.2) is 4.98 Å². The van der Waals surface area contributed by atoms with E-state index in [1.54, 1.807) is 6.20 Å². The molecule has 2 N–H and O–H groups in total. The molecule has 2 unspecified atom stereocenters. The van der Waals surface area contributed by atoms with E-state index in [-0.39, 0.29) is 18.0 Å². The number of carbonyl (C=O) groups excluding carboxylic acids is 1. The molecular weight excluding hydrogens is 300 g/mol. The summed E-state index contributed by atoms with van der Waals surface area (Å²) in [5, 5.41) is 0. The van der Waals surface area contributed by atoms with Crippen LogP contribution in [0, 0.1) is 5.92 Å². The zero-order valence-electron chi connectivity index (χ0n) is 14.9. The van der Waals surface area contributed by atoms with E-state index in [0.29, 0.717) is 5.56 Å². The van der Waals surface area contributed by atoms with Crippen LogP contribution >= 0.6 is 0 Å². The van der Waals surface area contributed by atoms with Gasteiger partial charge in [-0.2, -0.15) is 0 Å². The maximum absolute atomic E-state index is 12.9. The second kappa shape index (κ2) is 7.51. The molecule has 132 valence electrons. The molecule has 2 saturated heterocycles. The number of aromatic nitrogens is 1. The molecule has 2 fully saturated rings. The zero-order chi connectivity index (χ0) is 17.1. The molecule has 3 heterocycles. The molecule has 0 spiro atoms. The summed E-state index contributed by atoms with van der Waals surface area (Å²) in [6.07, 6.45) is 7.38. The maximum atomic E-state index is 12.9. The van der Waals surface area contributed by atoms with E-state index in [0.717, 1.165) is 50.6 Å². The molecule has 1 aromatic heterocycles. The fraction of sp³-hybridized carbons (Fsp3) is 0.684. The number of nitrogens with zero attached hydrogens (tertiary/aromatic N) is 3. The van der Waals surface area contributed by atoms with Gasteiger partial charge in [0.25, 0.3) is 5.91 Å². The molecule has 2 aliphatic heterocycles. The first-order valence-electron chi connectivity index (χ1n) is 9.34. The monoisotopic (exact) mass is 330 g/mol. The van der Waals surface area contributed by atoms with Crippen molar-refractivity contribution in [2.75, 3.05) is 24.5 Å². The molecular formula is C19H30N4O. The van der Waals surface area contributed by atoms with Crippen LogP contribution in [0.4, 0.5) is 5.82 Å². The van der Waals surface area contributed by atoms with E-state index >= 15 is 0 Å². The number of carbonyl (C=O) groups is 1. The Morgan fingerprint density at radius 3 is 2.58 bits per heavy atom. The highest BCUT2D eigenvalue weighted by molar-refractivity contribution is 5.94. The van der Waals surface area contributed by atoms with Gasteiger partial charge in [-0.05, 0) is 57.1 Å². The minimum absolute atomic E-state index is 0.0109. The van der Waals surface area contributed by atoms with Crippen molar-refractivity contribution < 1.29 is 4.79 Å². The normalized spacial score (nSPS) is 24.0. The molecule has 2 atom stereocenters. The second-order valence-corrected chi connectivity index (χ2v) is 7.50. The van der Waals surface area contributed by atoms with Gasteiger partial charge >= 0.3 is 0 Å². The lowest BCUT2D eigenvalue weighted by molar-refractivity contribution is 0.0583. The Morgan fingerprint density at radius 1 is 1.21 bits per heavy atom. The summed E-state index contributed by atoms with van der Waals surface area (Å²) in [5.41, 5.74) is 6.77. The van der Waals surface area contributed by atoms with Gasteiger partial charge in [0.2, 0.25) is 0 Å². The lowest BCUT2D eigenvalue weighted by Gasteiger charge is -2.38. The number of amides is 1. The van der Waals surface area contributed by atoms with E-state index in [1.165, 1.54) is 12.8 Å². The van der Waals surface area contributed by atoms with Crippen LogP contribution in [0.2, 0.25) is 0 Å². The zero-order valence-corrected chi connectivity index (χ0v) is 14.9. The minimum Gasteiger partial charge on any atom is -0.357 e. The van der Waals surface area contributed by atoms with E-state index < -0.39 is 0 Å². The summed E-state index contributed by atoms with van der Waals surface area (Å²) in [7, 11) is 0. The van der Waals surface area contributed by atoms with Crippen LogP contribution in [0.1, 0.15) is 56.3 Å². The van der Waals surface area contributed by atoms with Gasteiger partial charge in [0, 0.05) is 37.9 Å². The molecule has 0 saturated carbocycles. The number of hydrogen-bond acceptors (Lipinski definition) is 4. The standard InChI is InChI=1S/C19H30N4O/c1-14-8-11-22(12-9-14)18-7-6-16(13-21-18)19(24)23-10-4-3-5-17(23)15(2)20/h6-7,13-15,17H,3-5,8-12,20H2,1-2H3. The van der Waals surface area contributed by atoms with Crippen molar-refractivity contribution in [2.24, 2.45) is 11.7 Å². The number of likely N-dealkylation sites (tertiary alicyclic amines) is 1. The number of pyridine rings is 1. The largest absolute Gasteiger partial charge is 0.357 e. The third kappa shape index (κ3) is 3.72. The van der Waals surface area contributed by atoms with Crippen LogP contribution in [0.5, 0.6) is 0 Å². The van der Waals surface area contributed by atoms with Crippen molar-refractivity contribution in [3.8, 4) is 0 Å². The molecule has 1 aromatic rings. The van der Waals surface area contributed by atoms with Crippen molar-refractivity contribution >= 4 is 11.7 Å². The second-order valence-electron chi connectivity index (χ2n) is 7.50. The molecule has 3 rings (SSSR count). The van der Waals surface area contributed by atoms with Crippen LogP contribution in [-0.4, -0.2) is 47.5 Å². The summed E-state index contributed by atoms with van der Waals surface area (Å²) in [5.74, 6) is 1.86. The topological polar surface area (TPSA) is 62.5 Å². The van der Waals surface area contributed by atoms with Gasteiger partial charge in [-0.1, -0.05) is 6.92 Å². The summed E-state index contributed by atoms with van der Waals surface area (Å²) in [4.78, 5) is 21.7. The fourth-order valence-electron chi connectivity index (χ4n) is 3.86. The first-order chi connectivity index (χ1) is 11.6. The number of rotatable bonds is 3. The Kier molecular flexibility index (Phi) is 5.39. The van der Waals surface area contributed by atoms with Crippen molar-refractivity contribution in [3.63, 3.8) is 0 Å². The smallest absolute Gasteiger partial charge is 0.255 e. The molecule has 24 heavy (non-hydrogen) atoms. The summed E-state index contributed by atoms with van der Waals surface area (Å²) >= 11 is 0. The van der Waals surface area contributed by atoms with Crippen LogP contribution in [-0.2, 0) is 0 Å². The van der Waals surface area contributed by atoms with Crippen LogP contribution < -0.4 is 10.6 Å². The van der Waals surface area contributed by atoms with Gasteiger partial charge in [-0.15, -0.1) is 0 Å². The first kappa shape index (κ1) is 17.2. The lowest BCUT2D eigenvalue weighted by atomic mass is 9.96. The van der Waals surface area contributed by atoms with Crippen molar-refractivity contribution in [1.29, 1.82) is 0 Å². The number of anilines is 1. The lowest BCUT2D eigenvalue weighted by Crippen LogP contribution is -2.51. The maximum Gasteiger partial charge on any atom is 0.255 e. The highest BCUT2D eigenvalue weighted by Gasteiger charge is 2.30. The number of nitrogens with two attached hydrogens (primary N) is 1. The van der Waals surface area contributed by atoms with Crippen molar-refractivity contribution in [1.82, 2.24) is 9.88 Å². The number of hydrogen-bond donors (Lipinski definition) is 1. The summed E-state index contributed by atoms with van der Waals surface area (Å²) in [6, 6.07) is 4.08. The Morgan fingerprint density at radius 2 is 1.96 bits per heavy atom. The molecule has 0 aromatic carbocycles. The molecule has 0 aliphatic carbocycles. The number of piperidine rings is 2. The quantitative estimate of drug-likeness (QED) is 0.925. The average Bonchev–Trinajstić information content (AvgIpc) is 2.62. The SMILES string of the molecule is CC1CCN(c2ccc(C(=O)N3CCCCC3C(C)N)cn2)CC1. The van der Waals surface area contributed by atoms with Crippen LogP contribution in [0.3, 0.4) is 0 Å². The predicted octanol–water partition coefficient (Wildman–Crippen LogP) is 2.66. The van der Waals surface area contributed by atoms with Gasteiger partial charge in [0.15, 0.2) is 0 Å². The molecule has 0 bridgehead atoms. The average molecular weight is 330 g/mol. The van der Waals surface area contributed by atoms with Crippen LogP contribution in [0.25, 0.3) is 0 Å². The molecule has 0 radical (unpaired) electrons. The van der Waals surface area contributed by atoms with E-state index in [9.17, 15) is 4.79 Å². The Labute approximate surface area is 145 Å². The van der Waals surface area contributed by atoms with Crippen molar-refractivity contribution in [2.45, 2.75) is 58.0 Å². The predicted molar refractivity (Wildman–Crippen MR) is 97.2 cm³/mol. The highest BCUT2D eigenvalue weighted by atomic mass is 16.2. The third-order valence-corrected chi connectivity index (χ3v) is 5.52. The fourth-order valence-corrected chi connectivity index (χ4v) is 3.86. The van der Waals surface area contributed by atoms with Gasteiger partial charge in [0.1, 0.15) is 5.82 Å². The van der Waals surface area contributed by atoms with E-state index in [4.69, 9.17) is 5.73 Å². The molecule has 5 heteroatoms. The third-order valence-electron chi connectivity index (χ3n) is 5.52. The minimum atomic E-state index is 0.0109. The van der Waals surface area contributed by atoms with Crippen LogP contribution in [0.15, 0.2) is 18.3 Å². The molecule has 5 nitrogen and oxygen atoms in total. The molecule has 1 amide bonds. The Balaban J connectivity index is 1.69. The Bertz CT molecular complexity index is 549. The molecule has 2 aliphatic rings.